The van der Waals surface area contributed by atoms with Gasteiger partial charge in [0.25, 0.3) is 0 Å². The standard InChI is InChI=1S/C25H26FN3O6/c26-17-2-3-18-19(14-29(20(18)12-17)6-5-23(30)31)24(25(32)33)28-9-7-27(8-10-28)13-16-1-4-21-22(11-16)35-15-34-21/h1-4,11-12,14,24H,5-10,13,15H2,(H,30,31)(H,32,33). The molecule has 1 unspecified atom stereocenters. The van der Waals surface area contributed by atoms with Crippen LogP contribution in [0.5, 0.6) is 11.5 Å². The van der Waals surface area contributed by atoms with Crippen molar-refractivity contribution >= 4 is 22.8 Å². The Bertz CT molecular complexity index is 1270. The van der Waals surface area contributed by atoms with Crippen LogP contribution in [0, 0.1) is 5.82 Å². The number of hydrogen-bond donors (Lipinski definition) is 2. The third-order valence-corrected chi connectivity index (χ3v) is 6.59. The first-order valence-electron chi connectivity index (χ1n) is 11.5. The number of hydrogen-bond acceptors (Lipinski definition) is 6. The third kappa shape index (κ3) is 4.80. The second-order valence-electron chi connectivity index (χ2n) is 8.82. The number of fused-ring (bicyclic) bond motifs is 2. The molecule has 3 aromatic rings. The largest absolute Gasteiger partial charge is 0.481 e. The summed E-state index contributed by atoms with van der Waals surface area (Å²) in [6, 6.07) is 9.16. The Labute approximate surface area is 200 Å². The molecule has 9 nitrogen and oxygen atoms in total. The van der Waals surface area contributed by atoms with Crippen molar-refractivity contribution in [3.8, 4) is 11.5 Å². The Kier molecular flexibility index (Phi) is 6.31. The number of ether oxygens (including phenoxy) is 2. The molecular formula is C25H26FN3O6. The van der Waals surface area contributed by atoms with Crippen LogP contribution in [0.4, 0.5) is 4.39 Å². The van der Waals surface area contributed by atoms with Crippen molar-refractivity contribution in [3.05, 3.63) is 59.5 Å². The zero-order valence-electron chi connectivity index (χ0n) is 19.0. The van der Waals surface area contributed by atoms with Crippen molar-refractivity contribution in [2.45, 2.75) is 25.6 Å². The monoisotopic (exact) mass is 483 g/mol. The van der Waals surface area contributed by atoms with Gasteiger partial charge in [-0.15, -0.1) is 0 Å². The van der Waals surface area contributed by atoms with Gasteiger partial charge in [-0.2, -0.15) is 0 Å². The first-order valence-corrected chi connectivity index (χ1v) is 11.5. The highest BCUT2D eigenvalue weighted by Crippen LogP contribution is 2.34. The number of aliphatic carboxylic acids is 2. The Morgan fingerprint density at radius 3 is 2.51 bits per heavy atom. The first kappa shape index (κ1) is 23.1. The summed E-state index contributed by atoms with van der Waals surface area (Å²) in [5, 5.41) is 19.8. The predicted molar refractivity (Wildman–Crippen MR) is 124 cm³/mol. The highest BCUT2D eigenvalue weighted by molar-refractivity contribution is 5.90. The molecule has 0 radical (unpaired) electrons. The molecule has 184 valence electrons. The molecule has 5 rings (SSSR count). The smallest absolute Gasteiger partial charge is 0.325 e. The topological polar surface area (TPSA) is 104 Å². The number of carboxylic acid groups (broad SMARTS) is 2. The molecule has 0 spiro atoms. The second-order valence-corrected chi connectivity index (χ2v) is 8.82. The normalized spacial score (nSPS) is 17.1. The van der Waals surface area contributed by atoms with Gasteiger partial charge < -0.3 is 24.3 Å². The van der Waals surface area contributed by atoms with Crippen LogP contribution in [0.3, 0.4) is 0 Å². The molecule has 2 aliphatic rings. The third-order valence-electron chi connectivity index (χ3n) is 6.59. The quantitative estimate of drug-likeness (QED) is 0.504. The number of carbonyl (C=O) groups is 2. The Hall–Kier alpha value is -3.63. The van der Waals surface area contributed by atoms with E-state index in [9.17, 15) is 19.1 Å². The van der Waals surface area contributed by atoms with E-state index in [0.717, 1.165) is 23.6 Å². The molecular weight excluding hydrogens is 457 g/mol. The summed E-state index contributed by atoms with van der Waals surface area (Å²) in [5.74, 6) is -0.940. The molecule has 3 heterocycles. The second kappa shape index (κ2) is 9.55. The lowest BCUT2D eigenvalue weighted by Crippen LogP contribution is -2.48. The van der Waals surface area contributed by atoms with Crippen molar-refractivity contribution in [3.63, 3.8) is 0 Å². The molecule has 1 aromatic heterocycles. The van der Waals surface area contributed by atoms with Crippen LogP contribution in [0.2, 0.25) is 0 Å². The SMILES string of the molecule is O=C(O)CCn1cc(C(C(=O)O)N2CCN(Cc3ccc4c(c3)OCO4)CC2)c2ccc(F)cc21. The summed E-state index contributed by atoms with van der Waals surface area (Å²) < 4.78 is 26.4. The lowest BCUT2D eigenvalue weighted by Gasteiger charge is -2.37. The molecule has 1 atom stereocenters. The van der Waals surface area contributed by atoms with E-state index < -0.39 is 23.8 Å². The minimum atomic E-state index is -0.990. The average molecular weight is 483 g/mol. The van der Waals surface area contributed by atoms with Crippen LogP contribution in [0.25, 0.3) is 10.9 Å². The molecule has 2 aliphatic heterocycles. The minimum absolute atomic E-state index is 0.130. The number of aryl methyl sites for hydroxylation is 1. The zero-order chi connectivity index (χ0) is 24.5. The summed E-state index contributed by atoms with van der Waals surface area (Å²) in [6.07, 6.45) is 1.51. The number of aromatic nitrogens is 1. The van der Waals surface area contributed by atoms with Crippen molar-refractivity contribution in [1.29, 1.82) is 0 Å². The van der Waals surface area contributed by atoms with E-state index in [0.29, 0.717) is 42.6 Å². The van der Waals surface area contributed by atoms with Crippen LogP contribution in [0.15, 0.2) is 42.6 Å². The van der Waals surface area contributed by atoms with Crippen LogP contribution < -0.4 is 9.47 Å². The minimum Gasteiger partial charge on any atom is -0.481 e. The molecule has 35 heavy (non-hydrogen) atoms. The van der Waals surface area contributed by atoms with E-state index in [1.165, 1.54) is 12.1 Å². The average Bonchev–Trinajstić information content (AvgIpc) is 3.43. The van der Waals surface area contributed by atoms with Gasteiger partial charge in [-0.05, 0) is 35.9 Å². The molecule has 0 aliphatic carbocycles. The van der Waals surface area contributed by atoms with Gasteiger partial charge in [0, 0.05) is 56.4 Å². The van der Waals surface area contributed by atoms with Crippen LogP contribution >= 0.6 is 0 Å². The van der Waals surface area contributed by atoms with Crippen molar-refractivity contribution in [1.82, 2.24) is 14.4 Å². The molecule has 0 bridgehead atoms. The molecule has 10 heteroatoms. The first-order chi connectivity index (χ1) is 16.9. The maximum Gasteiger partial charge on any atom is 0.325 e. The van der Waals surface area contributed by atoms with E-state index in [2.05, 4.69) is 4.90 Å². The van der Waals surface area contributed by atoms with E-state index >= 15 is 0 Å². The maximum absolute atomic E-state index is 14.0. The number of rotatable bonds is 8. The summed E-state index contributed by atoms with van der Waals surface area (Å²) in [5.41, 5.74) is 2.14. The van der Waals surface area contributed by atoms with Gasteiger partial charge in [-0.25, -0.2) is 4.39 Å². The number of benzene rings is 2. The Morgan fingerprint density at radius 1 is 1.00 bits per heavy atom. The Balaban J connectivity index is 1.33. The number of carboxylic acids is 2. The number of nitrogens with zero attached hydrogens (tertiary/aromatic N) is 3. The van der Waals surface area contributed by atoms with E-state index in [1.54, 1.807) is 16.8 Å². The van der Waals surface area contributed by atoms with Gasteiger partial charge in [0.15, 0.2) is 11.5 Å². The summed E-state index contributed by atoms with van der Waals surface area (Å²) in [6.45, 7) is 3.54. The van der Waals surface area contributed by atoms with Gasteiger partial charge in [0.05, 0.1) is 11.9 Å². The molecule has 0 amide bonds. The van der Waals surface area contributed by atoms with Gasteiger partial charge in [-0.1, -0.05) is 6.07 Å². The molecule has 2 aromatic carbocycles. The van der Waals surface area contributed by atoms with Gasteiger partial charge >= 0.3 is 11.9 Å². The van der Waals surface area contributed by atoms with E-state index in [4.69, 9.17) is 14.6 Å². The molecule has 1 saturated heterocycles. The van der Waals surface area contributed by atoms with Gasteiger partial charge in [0.2, 0.25) is 6.79 Å². The Morgan fingerprint density at radius 2 is 1.77 bits per heavy atom. The van der Waals surface area contributed by atoms with Gasteiger partial charge in [0.1, 0.15) is 11.9 Å². The fourth-order valence-corrected chi connectivity index (χ4v) is 4.88. The fourth-order valence-electron chi connectivity index (χ4n) is 4.88. The highest BCUT2D eigenvalue weighted by atomic mass is 19.1. The predicted octanol–water partition coefficient (Wildman–Crippen LogP) is 2.93. The summed E-state index contributed by atoms with van der Waals surface area (Å²) in [7, 11) is 0. The van der Waals surface area contributed by atoms with Gasteiger partial charge in [-0.3, -0.25) is 19.4 Å². The summed E-state index contributed by atoms with van der Waals surface area (Å²) >= 11 is 0. The molecule has 1 fully saturated rings. The fraction of sp³-hybridized carbons (Fsp3) is 0.360. The number of halogens is 1. The van der Waals surface area contributed by atoms with Crippen molar-refractivity contribution < 1.29 is 33.7 Å². The molecule has 0 saturated carbocycles. The highest BCUT2D eigenvalue weighted by Gasteiger charge is 2.33. The van der Waals surface area contributed by atoms with Crippen molar-refractivity contribution in [2.24, 2.45) is 0 Å². The van der Waals surface area contributed by atoms with Crippen LogP contribution in [-0.2, 0) is 22.7 Å². The van der Waals surface area contributed by atoms with Crippen LogP contribution in [-0.4, -0.2) is 69.5 Å². The van der Waals surface area contributed by atoms with Crippen LogP contribution in [0.1, 0.15) is 23.6 Å². The summed E-state index contributed by atoms with van der Waals surface area (Å²) in [4.78, 5) is 27.7. The number of piperazine rings is 1. The lowest BCUT2D eigenvalue weighted by molar-refractivity contribution is -0.144. The van der Waals surface area contributed by atoms with Crippen molar-refractivity contribution in [2.75, 3.05) is 33.0 Å². The molecule has 2 N–H and O–H groups in total. The van der Waals surface area contributed by atoms with E-state index in [-0.39, 0.29) is 19.8 Å². The lowest BCUT2D eigenvalue weighted by atomic mass is 10.0. The maximum atomic E-state index is 14.0. The zero-order valence-corrected chi connectivity index (χ0v) is 19.0. The van der Waals surface area contributed by atoms with E-state index in [1.807, 2.05) is 23.1 Å².